The Balaban J connectivity index is 2.09. The lowest BCUT2D eigenvalue weighted by molar-refractivity contribution is 0.210. The van der Waals surface area contributed by atoms with E-state index >= 15 is 0 Å². The Morgan fingerprint density at radius 3 is 2.96 bits per heavy atom. The van der Waals surface area contributed by atoms with Crippen molar-refractivity contribution in [1.82, 2.24) is 9.97 Å². The predicted octanol–water partition coefficient (Wildman–Crippen LogP) is 2.62. The molecule has 0 bridgehead atoms. The average molecular weight is 311 g/mol. The lowest BCUT2D eigenvalue weighted by Gasteiger charge is -2.09. The third kappa shape index (κ3) is 3.07. The summed E-state index contributed by atoms with van der Waals surface area (Å²) in [5.74, 6) is 0.855. The predicted molar refractivity (Wildman–Crippen MR) is 88.6 cm³/mol. The molecule has 0 aliphatic rings. The molecule has 23 heavy (non-hydrogen) atoms. The van der Waals surface area contributed by atoms with Gasteiger partial charge in [0.2, 0.25) is 5.89 Å². The minimum atomic E-state index is -0.394. The maximum absolute atomic E-state index is 12.3. The highest BCUT2D eigenvalue weighted by Crippen LogP contribution is 2.25. The van der Waals surface area contributed by atoms with Gasteiger partial charge in [-0.1, -0.05) is 12.1 Å². The van der Waals surface area contributed by atoms with E-state index in [4.69, 9.17) is 9.15 Å². The van der Waals surface area contributed by atoms with Crippen LogP contribution < -0.4 is 10.9 Å². The van der Waals surface area contributed by atoms with Gasteiger partial charge < -0.3 is 14.5 Å². The number of pyridine rings is 1. The zero-order chi connectivity index (χ0) is 16.2. The van der Waals surface area contributed by atoms with E-state index in [2.05, 4.69) is 15.3 Å². The largest absolute Gasteiger partial charge is 0.403 e. The molecule has 2 heterocycles. The Morgan fingerprint density at radius 2 is 2.13 bits per heavy atom. The summed E-state index contributed by atoms with van der Waals surface area (Å²) in [6, 6.07) is 9.13. The number of anilines is 1. The summed E-state index contributed by atoms with van der Waals surface area (Å²) in [6.45, 7) is 3.00. The van der Waals surface area contributed by atoms with Crippen LogP contribution in [0.2, 0.25) is 0 Å². The molecule has 118 valence electrons. The molecule has 0 saturated heterocycles. The highest BCUT2D eigenvalue weighted by molar-refractivity contribution is 5.82. The first-order valence-corrected chi connectivity index (χ1v) is 7.29. The molecule has 0 aliphatic heterocycles. The van der Waals surface area contributed by atoms with Gasteiger partial charge in [0.15, 0.2) is 0 Å². The van der Waals surface area contributed by atoms with E-state index in [1.54, 1.807) is 25.4 Å². The normalized spacial score (nSPS) is 10.9. The molecule has 3 rings (SSSR count). The van der Waals surface area contributed by atoms with Gasteiger partial charge in [-0.05, 0) is 30.7 Å². The maximum Gasteiger partial charge on any atom is 0.347 e. The van der Waals surface area contributed by atoms with Crippen molar-refractivity contribution in [2.75, 3.05) is 25.6 Å². The van der Waals surface area contributed by atoms with Crippen LogP contribution in [0.15, 0.2) is 45.7 Å². The summed E-state index contributed by atoms with van der Waals surface area (Å²) < 4.78 is 10.4. The van der Waals surface area contributed by atoms with Gasteiger partial charge in [0, 0.05) is 19.9 Å². The van der Waals surface area contributed by atoms with Crippen LogP contribution >= 0.6 is 0 Å². The molecule has 6 heteroatoms. The van der Waals surface area contributed by atoms with Crippen LogP contribution in [0, 0.1) is 6.92 Å². The number of benzene rings is 1. The smallest absolute Gasteiger partial charge is 0.347 e. The fourth-order valence-corrected chi connectivity index (χ4v) is 2.39. The summed E-state index contributed by atoms with van der Waals surface area (Å²) >= 11 is 0. The highest BCUT2D eigenvalue weighted by Gasteiger charge is 2.13. The molecule has 0 saturated carbocycles. The number of nitrogens with one attached hydrogen (secondary N) is 1. The molecule has 0 atom stereocenters. The van der Waals surface area contributed by atoms with Crippen molar-refractivity contribution >= 4 is 16.7 Å². The number of methoxy groups -OCH3 is 1. The maximum atomic E-state index is 12.3. The van der Waals surface area contributed by atoms with Crippen LogP contribution in [-0.4, -0.2) is 30.2 Å². The molecule has 0 spiro atoms. The lowest BCUT2D eigenvalue weighted by atomic mass is 10.1. The molecule has 0 amide bonds. The summed E-state index contributed by atoms with van der Waals surface area (Å²) in [4.78, 5) is 21.1. The van der Waals surface area contributed by atoms with Crippen molar-refractivity contribution in [3.8, 4) is 11.5 Å². The molecule has 3 aromatic rings. The SMILES string of the molecule is COCCNc1ncccc1-c1nc2cccc(C)c2c(=O)o1. The standard InChI is InChI=1S/C17H17N3O3/c1-11-5-3-7-13-14(11)17(21)23-16(20-13)12-6-4-8-18-15(12)19-9-10-22-2/h3-8H,9-10H2,1-2H3,(H,18,19). The molecular formula is C17H17N3O3. The third-order valence-electron chi connectivity index (χ3n) is 3.50. The molecule has 6 nitrogen and oxygen atoms in total. The summed E-state index contributed by atoms with van der Waals surface area (Å²) in [5.41, 5.74) is 1.71. The van der Waals surface area contributed by atoms with Crippen molar-refractivity contribution in [3.05, 3.63) is 52.5 Å². The molecule has 2 aromatic heterocycles. The van der Waals surface area contributed by atoms with E-state index in [0.717, 1.165) is 5.56 Å². The van der Waals surface area contributed by atoms with Crippen LogP contribution in [0.1, 0.15) is 5.56 Å². The van der Waals surface area contributed by atoms with E-state index in [0.29, 0.717) is 35.4 Å². The molecular weight excluding hydrogens is 294 g/mol. The quantitative estimate of drug-likeness (QED) is 0.730. The van der Waals surface area contributed by atoms with Gasteiger partial charge >= 0.3 is 5.63 Å². The monoisotopic (exact) mass is 311 g/mol. The van der Waals surface area contributed by atoms with Gasteiger partial charge in [-0.3, -0.25) is 0 Å². The highest BCUT2D eigenvalue weighted by atomic mass is 16.5. The topological polar surface area (TPSA) is 77.2 Å². The van der Waals surface area contributed by atoms with Gasteiger partial charge in [0.1, 0.15) is 5.82 Å². The minimum Gasteiger partial charge on any atom is -0.403 e. The van der Waals surface area contributed by atoms with Crippen LogP contribution in [0.3, 0.4) is 0 Å². The first-order valence-electron chi connectivity index (χ1n) is 7.29. The van der Waals surface area contributed by atoms with E-state index < -0.39 is 5.63 Å². The van der Waals surface area contributed by atoms with Crippen molar-refractivity contribution in [3.63, 3.8) is 0 Å². The Kier molecular flexibility index (Phi) is 4.34. The van der Waals surface area contributed by atoms with Gasteiger partial charge in [-0.25, -0.2) is 14.8 Å². The first-order chi connectivity index (χ1) is 11.2. The van der Waals surface area contributed by atoms with E-state index in [1.807, 2.05) is 25.1 Å². The molecule has 0 unspecified atom stereocenters. The number of aromatic nitrogens is 2. The second-order valence-electron chi connectivity index (χ2n) is 5.09. The second-order valence-corrected chi connectivity index (χ2v) is 5.09. The number of aryl methyl sites for hydroxylation is 1. The summed E-state index contributed by atoms with van der Waals surface area (Å²) in [6.07, 6.45) is 1.67. The van der Waals surface area contributed by atoms with E-state index in [1.165, 1.54) is 0 Å². The zero-order valence-electron chi connectivity index (χ0n) is 13.0. The number of rotatable bonds is 5. The van der Waals surface area contributed by atoms with Crippen molar-refractivity contribution in [2.24, 2.45) is 0 Å². The summed E-state index contributed by atoms with van der Waals surface area (Å²) in [7, 11) is 1.63. The Hall–Kier alpha value is -2.73. The van der Waals surface area contributed by atoms with Gasteiger partial charge in [-0.2, -0.15) is 0 Å². The van der Waals surface area contributed by atoms with E-state index in [9.17, 15) is 4.79 Å². The van der Waals surface area contributed by atoms with Gasteiger partial charge in [0.05, 0.1) is 23.1 Å². The first kappa shape index (κ1) is 15.2. The van der Waals surface area contributed by atoms with Crippen LogP contribution in [0.25, 0.3) is 22.4 Å². The lowest BCUT2D eigenvalue weighted by Crippen LogP contribution is -2.11. The Labute approximate surface area is 133 Å². The number of fused-ring (bicyclic) bond motifs is 1. The number of hydrogen-bond acceptors (Lipinski definition) is 6. The second kappa shape index (κ2) is 6.58. The Bertz CT molecular complexity index is 890. The molecule has 0 aliphatic carbocycles. The number of ether oxygens (including phenoxy) is 1. The van der Waals surface area contributed by atoms with Gasteiger partial charge in [0.25, 0.3) is 0 Å². The van der Waals surface area contributed by atoms with Crippen LogP contribution in [-0.2, 0) is 4.74 Å². The zero-order valence-corrected chi connectivity index (χ0v) is 13.0. The number of hydrogen-bond donors (Lipinski definition) is 1. The summed E-state index contributed by atoms with van der Waals surface area (Å²) in [5, 5.41) is 3.66. The van der Waals surface area contributed by atoms with E-state index in [-0.39, 0.29) is 5.89 Å². The average Bonchev–Trinajstić information content (AvgIpc) is 2.55. The Morgan fingerprint density at radius 1 is 1.26 bits per heavy atom. The molecule has 0 fully saturated rings. The van der Waals surface area contributed by atoms with Gasteiger partial charge in [-0.15, -0.1) is 0 Å². The third-order valence-corrected chi connectivity index (χ3v) is 3.50. The minimum absolute atomic E-state index is 0.251. The molecule has 0 radical (unpaired) electrons. The number of nitrogens with zero attached hydrogens (tertiary/aromatic N) is 2. The van der Waals surface area contributed by atoms with Crippen molar-refractivity contribution < 1.29 is 9.15 Å². The van der Waals surface area contributed by atoms with Crippen molar-refractivity contribution in [1.29, 1.82) is 0 Å². The fraction of sp³-hybridized carbons (Fsp3) is 0.235. The molecule has 1 aromatic carbocycles. The molecule has 1 N–H and O–H groups in total. The van der Waals surface area contributed by atoms with Crippen LogP contribution in [0.4, 0.5) is 5.82 Å². The van der Waals surface area contributed by atoms with Crippen molar-refractivity contribution in [2.45, 2.75) is 6.92 Å². The fourth-order valence-electron chi connectivity index (χ4n) is 2.39. The van der Waals surface area contributed by atoms with Crippen LogP contribution in [0.5, 0.6) is 0 Å².